The smallest absolute Gasteiger partial charge is 0.361 e. The summed E-state index contributed by atoms with van der Waals surface area (Å²) >= 11 is 5.47. The molecular formula is C35H39GdN9O12S. The van der Waals surface area contributed by atoms with Gasteiger partial charge in [-0.25, -0.2) is 14.6 Å². The number of hydrogen-bond donors (Lipinski definition) is 8. The third-order valence-electron chi connectivity index (χ3n) is 9.67. The number of aromatic hydroxyl groups is 1. The molecular weight excluding hydrogens is 928 g/mol. The van der Waals surface area contributed by atoms with Crippen LogP contribution in [0, 0.1) is 39.9 Å². The second kappa shape index (κ2) is 18.8. The Morgan fingerprint density at radius 1 is 0.810 bits per heavy atom. The van der Waals surface area contributed by atoms with Crippen LogP contribution in [-0.4, -0.2) is 162 Å². The van der Waals surface area contributed by atoms with Crippen molar-refractivity contribution in [2.75, 3.05) is 82.6 Å². The zero-order chi connectivity index (χ0) is 41.0. The molecule has 0 amide bonds. The topological polar surface area (TPSA) is 283 Å². The van der Waals surface area contributed by atoms with Crippen molar-refractivity contribution in [2.45, 2.75) is 12.1 Å². The molecule has 0 aliphatic carbocycles. The molecule has 4 heterocycles. The maximum atomic E-state index is 13.0. The van der Waals surface area contributed by atoms with Crippen molar-refractivity contribution in [1.29, 1.82) is 0 Å². The van der Waals surface area contributed by atoms with E-state index >= 15 is 0 Å². The van der Waals surface area contributed by atoms with Crippen molar-refractivity contribution in [3.63, 3.8) is 0 Å². The van der Waals surface area contributed by atoms with Gasteiger partial charge in [0.15, 0.2) is 10.8 Å². The first-order chi connectivity index (χ1) is 27.1. The predicted molar refractivity (Wildman–Crippen MR) is 205 cm³/mol. The Bertz CT molecular complexity index is 2220. The minimum absolute atomic E-state index is 0. The number of carbonyl (C=O) groups is 4. The Kier molecular flexibility index (Phi) is 14.3. The summed E-state index contributed by atoms with van der Waals surface area (Å²) in [6.45, 7) is 2.65. The van der Waals surface area contributed by atoms with Crippen molar-refractivity contribution in [3.8, 4) is 5.75 Å². The van der Waals surface area contributed by atoms with Gasteiger partial charge >= 0.3 is 29.6 Å². The third kappa shape index (κ3) is 10.2. The van der Waals surface area contributed by atoms with E-state index in [0.717, 1.165) is 11.8 Å². The number of fused-ring (bicyclic) bond motifs is 4. The number of carbonyl (C=O) groups excluding carboxylic acids is 1. The van der Waals surface area contributed by atoms with Crippen LogP contribution in [0.1, 0.15) is 27.2 Å². The minimum Gasteiger partial charge on any atom is -0.506 e. The third-order valence-corrected chi connectivity index (χ3v) is 9.88. The molecule has 1 fully saturated rings. The van der Waals surface area contributed by atoms with E-state index in [9.17, 15) is 54.4 Å². The van der Waals surface area contributed by atoms with Gasteiger partial charge in [-0.2, -0.15) is 0 Å². The number of hydrogen-bond acceptors (Lipinski definition) is 15. The molecule has 310 valence electrons. The van der Waals surface area contributed by atoms with Gasteiger partial charge in [-0.3, -0.25) is 43.8 Å². The van der Waals surface area contributed by atoms with Crippen molar-refractivity contribution >= 4 is 64.5 Å². The summed E-state index contributed by atoms with van der Waals surface area (Å²) < 4.78 is 5.67. The Hall–Kier alpha value is -4.88. The van der Waals surface area contributed by atoms with Crippen LogP contribution in [0.3, 0.4) is 0 Å². The molecule has 21 nitrogen and oxygen atoms in total. The van der Waals surface area contributed by atoms with E-state index in [4.69, 9.17) is 17.0 Å². The normalized spacial score (nSPS) is 18.9. The first-order valence-electron chi connectivity index (χ1n) is 17.6. The largest absolute Gasteiger partial charge is 0.506 e. The Balaban J connectivity index is 0.00000641. The molecule has 6 rings (SSSR count). The van der Waals surface area contributed by atoms with Crippen LogP contribution in [-0.2, 0) is 31.3 Å². The number of phenols is 1. The van der Waals surface area contributed by atoms with Gasteiger partial charge in [0.2, 0.25) is 5.60 Å². The van der Waals surface area contributed by atoms with Crippen molar-refractivity contribution in [2.24, 2.45) is 4.99 Å². The van der Waals surface area contributed by atoms with E-state index in [0.29, 0.717) is 64.6 Å². The Morgan fingerprint density at radius 3 is 1.84 bits per heavy atom. The van der Waals surface area contributed by atoms with Crippen LogP contribution in [0.2, 0.25) is 0 Å². The summed E-state index contributed by atoms with van der Waals surface area (Å²) in [6, 6.07) is 9.69. The number of aromatic nitrogens is 2. The number of benzene rings is 2. The van der Waals surface area contributed by atoms with Crippen molar-refractivity contribution < 1.29 is 89.5 Å². The number of H-pyrrole nitrogens is 1. The first kappa shape index (κ1) is 44.2. The Morgan fingerprint density at radius 2 is 1.33 bits per heavy atom. The number of aliphatic carboxylic acids is 3. The zero-order valence-corrected chi connectivity index (χ0v) is 33.7. The SMILES string of the molecule is O=C(O)CN1CCN(CC(=O)O)CCN(Cc2ccc(NC(=S)Nc3cc4c(cc3O)C3(C=Nc5c3n(O)c(=O)[nH]c5=O)OC4=O)cc2)CCN(CC(=O)O)CC1.[Gd]. The molecule has 2 aromatic carbocycles. The van der Waals surface area contributed by atoms with E-state index in [1.165, 1.54) is 12.1 Å². The molecule has 3 aliphatic rings. The number of aliphatic imine (C=N–C) groups is 1. The Labute approximate surface area is 366 Å². The molecule has 8 N–H and O–H groups in total. The molecule has 1 unspecified atom stereocenters. The molecule has 3 aliphatic heterocycles. The summed E-state index contributed by atoms with van der Waals surface area (Å²) in [5.74, 6) is -4.30. The van der Waals surface area contributed by atoms with E-state index in [1.54, 1.807) is 26.8 Å². The van der Waals surface area contributed by atoms with Gasteiger partial charge in [0.05, 0.1) is 37.1 Å². The second-order valence-electron chi connectivity index (χ2n) is 13.6. The van der Waals surface area contributed by atoms with E-state index < -0.39 is 46.4 Å². The number of aromatic amines is 1. The molecule has 1 spiro atoms. The number of nitrogens with one attached hydrogen (secondary N) is 3. The quantitative estimate of drug-likeness (QED) is 0.0545. The van der Waals surface area contributed by atoms with Gasteiger partial charge < -0.3 is 41.0 Å². The molecule has 1 aromatic heterocycles. The van der Waals surface area contributed by atoms with Gasteiger partial charge in [-0.05, 0) is 42.0 Å². The number of nitrogens with zero attached hydrogens (tertiary/aromatic N) is 6. The number of rotatable bonds is 10. The molecule has 0 saturated carbocycles. The number of thiocarbonyl (C=S) groups is 1. The van der Waals surface area contributed by atoms with Crippen LogP contribution in [0.15, 0.2) is 51.0 Å². The van der Waals surface area contributed by atoms with Gasteiger partial charge in [0.1, 0.15) is 11.4 Å². The fourth-order valence-electron chi connectivity index (χ4n) is 6.90. The average Bonchev–Trinajstić information content (AvgIpc) is 3.65. The minimum atomic E-state index is -1.94. The molecule has 58 heavy (non-hydrogen) atoms. The van der Waals surface area contributed by atoms with Gasteiger partial charge in [-0.15, -0.1) is 4.73 Å². The van der Waals surface area contributed by atoms with Crippen LogP contribution in [0.25, 0.3) is 0 Å². The number of anilines is 2. The number of phenolic OH excluding ortho intramolecular Hbond substituents is 1. The number of carboxylic acids is 3. The van der Waals surface area contributed by atoms with Gasteiger partial charge in [0.25, 0.3) is 5.56 Å². The molecule has 3 aromatic rings. The molecule has 23 heteroatoms. The summed E-state index contributed by atoms with van der Waals surface area (Å²) in [7, 11) is 0. The average molecular weight is 967 g/mol. The molecule has 0 bridgehead atoms. The summed E-state index contributed by atoms with van der Waals surface area (Å²) in [4.78, 5) is 85.3. The van der Waals surface area contributed by atoms with Crippen LogP contribution >= 0.6 is 12.2 Å². The first-order valence-corrected chi connectivity index (χ1v) is 18.0. The van der Waals surface area contributed by atoms with Crippen molar-refractivity contribution in [1.82, 2.24) is 29.3 Å². The zero-order valence-electron chi connectivity index (χ0n) is 30.6. The van der Waals surface area contributed by atoms with Gasteiger partial charge in [0, 0.05) is 110 Å². The number of ether oxygens (including phenoxy) is 1. The van der Waals surface area contributed by atoms with E-state index in [1.807, 2.05) is 17.1 Å². The summed E-state index contributed by atoms with van der Waals surface area (Å²) in [5, 5.41) is 55.6. The number of esters is 1. The molecule has 1 saturated heterocycles. The number of carboxylic acid groups (broad SMARTS) is 3. The maximum Gasteiger partial charge on any atom is 0.361 e. The van der Waals surface area contributed by atoms with Crippen LogP contribution < -0.4 is 21.9 Å². The second-order valence-corrected chi connectivity index (χ2v) is 14.0. The van der Waals surface area contributed by atoms with Crippen LogP contribution in [0.4, 0.5) is 17.1 Å². The van der Waals surface area contributed by atoms with E-state index in [-0.39, 0.29) is 97.7 Å². The standard InChI is InChI=1S/C35H39N9O12S.Gd/c45-25-14-23-22(32(53)56-35(23)19-36-29-30(35)44(55)34(54)39-31(29)52)13-24(25)38-33(57)37-21-3-1-20(2-4-21)15-40-5-7-41(16-26(46)47)9-11-43(18-28(50)51)12-10-42(8-6-40)17-27(48)49;/h1-4,13-14,19,45,55H,5-12,15-18H2,(H,46,47)(H,48,49)(H,50,51)(H2,37,38,57)(H,39,52,54);. The predicted octanol–water partition coefficient (Wildman–Crippen LogP) is -0.606. The summed E-state index contributed by atoms with van der Waals surface area (Å²) in [6.07, 6.45) is 1.09. The molecule has 0 radical (unpaired) electrons. The fraction of sp³-hybridized carbons (Fsp3) is 0.371. The van der Waals surface area contributed by atoms with Gasteiger partial charge in [-0.1, -0.05) is 12.1 Å². The maximum absolute atomic E-state index is 13.0. The monoisotopic (exact) mass is 967 g/mol. The van der Waals surface area contributed by atoms with Crippen LogP contribution in [0.5, 0.6) is 5.75 Å². The molecule has 1 atom stereocenters. The fourth-order valence-corrected chi connectivity index (χ4v) is 7.13. The summed E-state index contributed by atoms with van der Waals surface area (Å²) in [5.41, 5.74) is -3.27. The van der Waals surface area contributed by atoms with Crippen molar-refractivity contribution in [3.05, 3.63) is 79.6 Å². The van der Waals surface area contributed by atoms with E-state index in [2.05, 4.69) is 20.5 Å².